The van der Waals surface area contributed by atoms with Gasteiger partial charge in [0, 0.05) is 11.4 Å². The van der Waals surface area contributed by atoms with Gasteiger partial charge in [0.05, 0.1) is 25.8 Å². The van der Waals surface area contributed by atoms with Crippen LogP contribution in [-0.2, 0) is 9.53 Å². The molecular weight excluding hydrogens is 280 g/mol. The van der Waals surface area contributed by atoms with Crippen molar-refractivity contribution in [3.05, 3.63) is 48.5 Å². The minimum absolute atomic E-state index is 0.212. The summed E-state index contributed by atoms with van der Waals surface area (Å²) in [6.45, 7) is 0.565. The number of methoxy groups -OCH3 is 1. The maximum atomic E-state index is 11.5. The number of anilines is 3. The summed E-state index contributed by atoms with van der Waals surface area (Å²) in [5.74, 6) is 0.440. The Morgan fingerprint density at radius 1 is 1.32 bits per heavy atom. The van der Waals surface area contributed by atoms with E-state index in [4.69, 9.17) is 15.2 Å². The predicted octanol–water partition coefficient (Wildman–Crippen LogP) is 2.73. The fourth-order valence-corrected chi connectivity index (χ4v) is 2.59. The number of hydrogen-bond donors (Lipinski definition) is 1. The summed E-state index contributed by atoms with van der Waals surface area (Å²) < 4.78 is 10.7. The Balaban J connectivity index is 1.96. The molecule has 0 spiro atoms. The number of benzene rings is 2. The molecule has 1 unspecified atom stereocenters. The second-order valence-corrected chi connectivity index (χ2v) is 5.19. The maximum absolute atomic E-state index is 11.5. The first-order valence-electron chi connectivity index (χ1n) is 7.13. The molecule has 2 aromatic carbocycles. The third-order valence-electron chi connectivity index (χ3n) is 3.64. The van der Waals surface area contributed by atoms with Crippen LogP contribution in [0.2, 0.25) is 0 Å². The molecule has 0 saturated heterocycles. The average Bonchev–Trinajstić information content (AvgIpc) is 2.55. The Hall–Kier alpha value is -2.69. The summed E-state index contributed by atoms with van der Waals surface area (Å²) in [6, 6.07) is 15.5. The number of ether oxygens (including phenoxy) is 2. The highest BCUT2D eigenvalue weighted by Gasteiger charge is 2.28. The fraction of sp³-hybridized carbons (Fsp3) is 0.235. The maximum Gasteiger partial charge on any atom is 0.309 e. The lowest BCUT2D eigenvalue weighted by atomic mass is 10.1. The van der Waals surface area contributed by atoms with Gasteiger partial charge >= 0.3 is 5.97 Å². The fourth-order valence-electron chi connectivity index (χ4n) is 2.59. The monoisotopic (exact) mass is 298 g/mol. The Labute approximate surface area is 129 Å². The number of carbonyl (C=O) groups excluding carboxylic acids is 1. The van der Waals surface area contributed by atoms with Crippen LogP contribution < -0.4 is 15.4 Å². The lowest BCUT2D eigenvalue weighted by Crippen LogP contribution is -2.38. The minimum atomic E-state index is -0.281. The van der Waals surface area contributed by atoms with Crippen LogP contribution in [0.3, 0.4) is 0 Å². The van der Waals surface area contributed by atoms with E-state index in [1.54, 1.807) is 6.07 Å². The summed E-state index contributed by atoms with van der Waals surface area (Å²) in [5, 5.41) is 0. The van der Waals surface area contributed by atoms with Crippen LogP contribution in [0.1, 0.15) is 6.42 Å². The number of fused-ring (bicyclic) bond motifs is 1. The molecule has 22 heavy (non-hydrogen) atoms. The smallest absolute Gasteiger partial charge is 0.309 e. The zero-order valence-corrected chi connectivity index (χ0v) is 12.4. The number of nitrogen functional groups attached to an aromatic ring is 1. The van der Waals surface area contributed by atoms with Crippen molar-refractivity contribution in [1.82, 2.24) is 0 Å². The largest absolute Gasteiger partial charge is 0.486 e. The number of rotatable bonds is 3. The number of esters is 1. The lowest BCUT2D eigenvalue weighted by molar-refractivity contribution is -0.142. The normalized spacial score (nSPS) is 16.6. The summed E-state index contributed by atoms with van der Waals surface area (Å²) >= 11 is 0. The van der Waals surface area contributed by atoms with Gasteiger partial charge in [-0.3, -0.25) is 4.79 Å². The molecule has 0 saturated carbocycles. The van der Waals surface area contributed by atoms with Crippen LogP contribution in [-0.4, -0.2) is 25.7 Å². The Kier molecular flexibility index (Phi) is 3.87. The highest BCUT2D eigenvalue weighted by Crippen LogP contribution is 2.39. The van der Waals surface area contributed by atoms with Gasteiger partial charge in [-0.25, -0.2) is 0 Å². The van der Waals surface area contributed by atoms with E-state index >= 15 is 0 Å². The first-order valence-corrected chi connectivity index (χ1v) is 7.13. The minimum Gasteiger partial charge on any atom is -0.486 e. The van der Waals surface area contributed by atoms with Gasteiger partial charge in [-0.1, -0.05) is 18.2 Å². The van der Waals surface area contributed by atoms with Crippen molar-refractivity contribution in [2.75, 3.05) is 24.3 Å². The van der Waals surface area contributed by atoms with Gasteiger partial charge in [-0.15, -0.1) is 0 Å². The lowest BCUT2D eigenvalue weighted by Gasteiger charge is -2.36. The van der Waals surface area contributed by atoms with Gasteiger partial charge in [-0.05, 0) is 30.3 Å². The van der Waals surface area contributed by atoms with E-state index < -0.39 is 0 Å². The molecule has 5 nitrogen and oxygen atoms in total. The zero-order chi connectivity index (χ0) is 15.5. The first kappa shape index (κ1) is 14.3. The number of para-hydroxylation sites is 1. The topological polar surface area (TPSA) is 64.8 Å². The van der Waals surface area contributed by atoms with Crippen molar-refractivity contribution >= 4 is 23.0 Å². The van der Waals surface area contributed by atoms with Gasteiger partial charge in [-0.2, -0.15) is 0 Å². The molecule has 2 N–H and O–H groups in total. The molecule has 0 bridgehead atoms. The summed E-state index contributed by atoms with van der Waals surface area (Å²) in [5.41, 5.74) is 8.52. The second kappa shape index (κ2) is 5.97. The number of nitrogens with zero attached hydrogens (tertiary/aromatic N) is 1. The predicted molar refractivity (Wildman–Crippen MR) is 85.4 cm³/mol. The molecule has 0 fully saturated rings. The molecule has 0 aromatic heterocycles. The molecule has 1 heterocycles. The van der Waals surface area contributed by atoms with Crippen molar-refractivity contribution in [2.24, 2.45) is 0 Å². The van der Waals surface area contributed by atoms with Crippen molar-refractivity contribution in [3.8, 4) is 5.75 Å². The molecule has 5 heteroatoms. The van der Waals surface area contributed by atoms with Crippen LogP contribution in [0.15, 0.2) is 48.5 Å². The van der Waals surface area contributed by atoms with Crippen molar-refractivity contribution in [3.63, 3.8) is 0 Å². The number of nitrogens with two attached hydrogens (primary N) is 1. The molecule has 114 valence electrons. The van der Waals surface area contributed by atoms with Crippen LogP contribution in [0.5, 0.6) is 5.75 Å². The molecule has 0 radical (unpaired) electrons. The average molecular weight is 298 g/mol. The van der Waals surface area contributed by atoms with Crippen molar-refractivity contribution < 1.29 is 14.3 Å². The standard InChI is InChI=1S/C17H18N2O3/c1-21-17(20)10-14-11-19(13-5-3-2-4-6-13)15-9-12(18)7-8-16(15)22-14/h2-9,14H,10-11,18H2,1H3. The van der Waals surface area contributed by atoms with E-state index in [1.807, 2.05) is 42.5 Å². The summed E-state index contributed by atoms with van der Waals surface area (Å²) in [7, 11) is 1.38. The van der Waals surface area contributed by atoms with Crippen molar-refractivity contribution in [2.45, 2.75) is 12.5 Å². The van der Waals surface area contributed by atoms with Crippen LogP contribution in [0.25, 0.3) is 0 Å². The Morgan fingerprint density at radius 3 is 2.82 bits per heavy atom. The highest BCUT2D eigenvalue weighted by atomic mass is 16.5. The third-order valence-corrected chi connectivity index (χ3v) is 3.64. The van der Waals surface area contributed by atoms with E-state index in [9.17, 15) is 4.79 Å². The molecule has 0 aliphatic carbocycles. The molecule has 2 aromatic rings. The van der Waals surface area contributed by atoms with Gasteiger partial charge in [0.2, 0.25) is 0 Å². The Morgan fingerprint density at radius 2 is 2.09 bits per heavy atom. The van der Waals surface area contributed by atoms with Crippen LogP contribution >= 0.6 is 0 Å². The third kappa shape index (κ3) is 2.83. The second-order valence-electron chi connectivity index (χ2n) is 5.19. The molecule has 1 aliphatic heterocycles. The van der Waals surface area contributed by atoms with E-state index in [1.165, 1.54) is 7.11 Å². The van der Waals surface area contributed by atoms with Crippen LogP contribution in [0, 0.1) is 0 Å². The Bertz CT molecular complexity index is 673. The molecule has 0 amide bonds. The van der Waals surface area contributed by atoms with Gasteiger partial charge in [0.15, 0.2) is 0 Å². The summed E-state index contributed by atoms with van der Waals surface area (Å²) in [6.07, 6.45) is -0.0484. The van der Waals surface area contributed by atoms with E-state index in [-0.39, 0.29) is 18.5 Å². The van der Waals surface area contributed by atoms with E-state index in [0.29, 0.717) is 12.2 Å². The SMILES string of the molecule is COC(=O)CC1CN(c2ccccc2)c2cc(N)ccc2O1. The van der Waals surface area contributed by atoms with Crippen LogP contribution in [0.4, 0.5) is 17.1 Å². The zero-order valence-electron chi connectivity index (χ0n) is 12.4. The number of hydrogen-bond acceptors (Lipinski definition) is 5. The van der Waals surface area contributed by atoms with E-state index in [2.05, 4.69) is 4.90 Å². The van der Waals surface area contributed by atoms with Crippen molar-refractivity contribution in [1.29, 1.82) is 0 Å². The first-order chi connectivity index (χ1) is 10.7. The molecular formula is C17H18N2O3. The van der Waals surface area contributed by atoms with E-state index in [0.717, 1.165) is 17.1 Å². The van der Waals surface area contributed by atoms with Gasteiger partial charge < -0.3 is 20.1 Å². The summed E-state index contributed by atoms with van der Waals surface area (Å²) in [4.78, 5) is 13.7. The number of carbonyl (C=O) groups is 1. The highest BCUT2D eigenvalue weighted by molar-refractivity contribution is 5.75. The molecule has 1 atom stereocenters. The van der Waals surface area contributed by atoms with Gasteiger partial charge in [0.25, 0.3) is 0 Å². The molecule has 3 rings (SSSR count). The quantitative estimate of drug-likeness (QED) is 0.697. The van der Waals surface area contributed by atoms with Gasteiger partial charge in [0.1, 0.15) is 11.9 Å². The molecule has 1 aliphatic rings.